The average Bonchev–Trinajstić information content (AvgIpc) is 2.68. The number of benzene rings is 1. The fourth-order valence-corrected chi connectivity index (χ4v) is 3.39. The number of nitrogens with two attached hydrogens (primary N) is 1. The van der Waals surface area contributed by atoms with Gasteiger partial charge in [0.2, 0.25) is 0 Å². The van der Waals surface area contributed by atoms with Gasteiger partial charge in [-0.05, 0) is 43.9 Å². The molecule has 16 heavy (non-hydrogen) atoms. The van der Waals surface area contributed by atoms with E-state index in [1.807, 2.05) is 12.1 Å². The molecule has 1 saturated carbocycles. The van der Waals surface area contributed by atoms with Crippen LogP contribution in [0, 0.1) is 0 Å². The van der Waals surface area contributed by atoms with E-state index >= 15 is 0 Å². The molecule has 1 atom stereocenters. The topological polar surface area (TPSA) is 35.2 Å². The van der Waals surface area contributed by atoms with Crippen molar-refractivity contribution in [2.24, 2.45) is 5.73 Å². The van der Waals surface area contributed by atoms with Gasteiger partial charge in [0, 0.05) is 22.5 Å². The van der Waals surface area contributed by atoms with E-state index in [9.17, 15) is 0 Å². The van der Waals surface area contributed by atoms with Crippen LogP contribution in [0.25, 0.3) is 0 Å². The molecule has 1 aliphatic heterocycles. The molecule has 1 fully saturated rings. The van der Waals surface area contributed by atoms with Gasteiger partial charge in [-0.1, -0.05) is 15.9 Å². The summed E-state index contributed by atoms with van der Waals surface area (Å²) in [6, 6.07) is 6.28. The summed E-state index contributed by atoms with van der Waals surface area (Å²) in [5, 5.41) is 0. The number of halogens is 1. The molecule has 0 bridgehead atoms. The summed E-state index contributed by atoms with van der Waals surface area (Å²) in [4.78, 5) is 0. The molecule has 2 aliphatic rings. The fourth-order valence-electron chi connectivity index (χ4n) is 3.01. The predicted molar refractivity (Wildman–Crippen MR) is 67.5 cm³/mol. The molecule has 1 heterocycles. The highest BCUT2D eigenvalue weighted by molar-refractivity contribution is 9.10. The summed E-state index contributed by atoms with van der Waals surface area (Å²) in [5.41, 5.74) is 7.46. The Morgan fingerprint density at radius 1 is 1.31 bits per heavy atom. The number of hydrogen-bond acceptors (Lipinski definition) is 2. The highest BCUT2D eigenvalue weighted by Gasteiger charge is 2.41. The number of hydrogen-bond donors (Lipinski definition) is 1. The van der Waals surface area contributed by atoms with Gasteiger partial charge in [-0.25, -0.2) is 0 Å². The first-order chi connectivity index (χ1) is 7.69. The van der Waals surface area contributed by atoms with Crippen LogP contribution in [0.2, 0.25) is 0 Å². The molecular formula is C13H16BrNO. The number of rotatable bonds is 0. The Labute approximate surface area is 104 Å². The lowest BCUT2D eigenvalue weighted by atomic mass is 9.86. The standard InChI is InChI=1S/C13H16BrNO/c14-9-3-4-12-10(7-9)11(15)8-13(16-12)5-1-2-6-13/h3-4,7,11H,1-2,5-6,8,15H2/t11-/m0/s1. The number of fused-ring (bicyclic) bond motifs is 1. The van der Waals surface area contributed by atoms with Gasteiger partial charge in [0.25, 0.3) is 0 Å². The number of ether oxygens (including phenoxy) is 1. The summed E-state index contributed by atoms with van der Waals surface area (Å²) in [7, 11) is 0. The quantitative estimate of drug-likeness (QED) is 0.790. The predicted octanol–water partition coefficient (Wildman–Crippen LogP) is 3.54. The van der Waals surface area contributed by atoms with Crippen LogP contribution < -0.4 is 10.5 Å². The summed E-state index contributed by atoms with van der Waals surface area (Å²) in [5.74, 6) is 0.990. The smallest absolute Gasteiger partial charge is 0.124 e. The minimum atomic E-state index is 0.0419. The lowest BCUT2D eigenvalue weighted by Crippen LogP contribution is -2.40. The third-order valence-corrected chi connectivity index (χ3v) is 4.30. The van der Waals surface area contributed by atoms with Crippen LogP contribution in [0.1, 0.15) is 43.7 Å². The van der Waals surface area contributed by atoms with Crippen LogP contribution >= 0.6 is 15.9 Å². The van der Waals surface area contributed by atoms with Crippen molar-refractivity contribution >= 4 is 15.9 Å². The van der Waals surface area contributed by atoms with Crippen molar-refractivity contribution < 1.29 is 4.74 Å². The van der Waals surface area contributed by atoms with E-state index in [0.29, 0.717) is 0 Å². The first-order valence-electron chi connectivity index (χ1n) is 5.93. The molecule has 1 aromatic carbocycles. The maximum Gasteiger partial charge on any atom is 0.124 e. The summed E-state index contributed by atoms with van der Waals surface area (Å²) in [6.45, 7) is 0. The van der Waals surface area contributed by atoms with Crippen LogP contribution in [0.5, 0.6) is 5.75 Å². The van der Waals surface area contributed by atoms with Crippen molar-refractivity contribution in [3.8, 4) is 5.75 Å². The monoisotopic (exact) mass is 281 g/mol. The SMILES string of the molecule is N[C@H]1CC2(CCCC2)Oc2ccc(Br)cc21. The molecule has 3 heteroatoms. The zero-order valence-corrected chi connectivity index (χ0v) is 10.8. The zero-order valence-electron chi connectivity index (χ0n) is 9.21. The molecule has 0 amide bonds. The normalized spacial score (nSPS) is 26.5. The van der Waals surface area contributed by atoms with Gasteiger partial charge < -0.3 is 10.5 Å². The molecule has 1 spiro atoms. The minimum Gasteiger partial charge on any atom is -0.487 e. The van der Waals surface area contributed by atoms with E-state index in [4.69, 9.17) is 10.5 Å². The summed E-state index contributed by atoms with van der Waals surface area (Å²) < 4.78 is 7.28. The van der Waals surface area contributed by atoms with E-state index in [2.05, 4.69) is 22.0 Å². The molecule has 0 radical (unpaired) electrons. The van der Waals surface area contributed by atoms with Gasteiger partial charge in [0.15, 0.2) is 0 Å². The Bertz CT molecular complexity index is 412. The van der Waals surface area contributed by atoms with Crippen molar-refractivity contribution in [2.75, 3.05) is 0 Å². The van der Waals surface area contributed by atoms with E-state index in [1.54, 1.807) is 0 Å². The van der Waals surface area contributed by atoms with Crippen molar-refractivity contribution in [3.05, 3.63) is 28.2 Å². The maximum atomic E-state index is 6.27. The Kier molecular flexibility index (Phi) is 2.48. The highest BCUT2D eigenvalue weighted by atomic mass is 79.9. The van der Waals surface area contributed by atoms with Crippen LogP contribution in [-0.4, -0.2) is 5.60 Å². The van der Waals surface area contributed by atoms with Gasteiger partial charge >= 0.3 is 0 Å². The van der Waals surface area contributed by atoms with Crippen LogP contribution in [0.3, 0.4) is 0 Å². The Balaban J connectivity index is 1.99. The van der Waals surface area contributed by atoms with Gasteiger partial charge in [-0.3, -0.25) is 0 Å². The molecule has 0 aromatic heterocycles. The lowest BCUT2D eigenvalue weighted by Gasteiger charge is -2.38. The molecule has 0 saturated heterocycles. The summed E-state index contributed by atoms with van der Waals surface area (Å²) in [6.07, 6.45) is 5.85. The van der Waals surface area contributed by atoms with Gasteiger partial charge in [0.1, 0.15) is 11.4 Å². The van der Waals surface area contributed by atoms with Gasteiger partial charge in [0.05, 0.1) is 0 Å². The first kappa shape index (κ1) is 10.6. The van der Waals surface area contributed by atoms with E-state index < -0.39 is 0 Å². The largest absolute Gasteiger partial charge is 0.487 e. The van der Waals surface area contributed by atoms with Crippen LogP contribution in [-0.2, 0) is 0 Å². The second-order valence-corrected chi connectivity index (χ2v) is 5.90. The molecular weight excluding hydrogens is 266 g/mol. The third-order valence-electron chi connectivity index (χ3n) is 3.80. The van der Waals surface area contributed by atoms with Crippen molar-refractivity contribution in [1.82, 2.24) is 0 Å². The van der Waals surface area contributed by atoms with Crippen LogP contribution in [0.4, 0.5) is 0 Å². The second-order valence-electron chi connectivity index (χ2n) is 4.98. The molecule has 0 unspecified atom stereocenters. The van der Waals surface area contributed by atoms with Crippen molar-refractivity contribution in [2.45, 2.75) is 43.7 Å². The minimum absolute atomic E-state index is 0.0419. The molecule has 1 aromatic rings. The van der Waals surface area contributed by atoms with E-state index in [-0.39, 0.29) is 11.6 Å². The average molecular weight is 282 g/mol. The zero-order chi connectivity index (χ0) is 11.2. The Morgan fingerprint density at radius 2 is 2.06 bits per heavy atom. The van der Waals surface area contributed by atoms with Gasteiger partial charge in [-0.2, -0.15) is 0 Å². The highest BCUT2D eigenvalue weighted by Crippen LogP contribution is 2.46. The molecule has 1 aliphatic carbocycles. The molecule has 2 nitrogen and oxygen atoms in total. The van der Waals surface area contributed by atoms with Crippen LogP contribution in [0.15, 0.2) is 22.7 Å². The fraction of sp³-hybridized carbons (Fsp3) is 0.538. The third kappa shape index (κ3) is 1.66. The van der Waals surface area contributed by atoms with E-state index in [1.165, 1.54) is 12.8 Å². The molecule has 86 valence electrons. The Hall–Kier alpha value is -0.540. The molecule has 3 rings (SSSR count). The first-order valence-corrected chi connectivity index (χ1v) is 6.72. The second kappa shape index (κ2) is 3.74. The molecule has 2 N–H and O–H groups in total. The van der Waals surface area contributed by atoms with Gasteiger partial charge in [-0.15, -0.1) is 0 Å². The van der Waals surface area contributed by atoms with Crippen molar-refractivity contribution in [1.29, 1.82) is 0 Å². The van der Waals surface area contributed by atoms with E-state index in [0.717, 1.165) is 35.0 Å². The summed E-state index contributed by atoms with van der Waals surface area (Å²) >= 11 is 3.48. The Morgan fingerprint density at radius 3 is 2.81 bits per heavy atom. The van der Waals surface area contributed by atoms with Crippen molar-refractivity contribution in [3.63, 3.8) is 0 Å². The maximum absolute atomic E-state index is 6.27. The lowest BCUT2D eigenvalue weighted by molar-refractivity contribution is 0.0426.